The van der Waals surface area contributed by atoms with Gasteiger partial charge in [0.15, 0.2) is 0 Å². The van der Waals surface area contributed by atoms with Gasteiger partial charge in [-0.2, -0.15) is 16.6 Å². The van der Waals surface area contributed by atoms with E-state index in [9.17, 15) is 4.79 Å². The molecule has 0 spiro atoms. The standard InChI is InChI=1S/C12H8N2OS/c13-7-9-3-1-2-4-11(9)14-12(15)10-5-6-16-8-10/h1-6,8H,(H,14,15). The predicted octanol–water partition coefficient (Wildman–Crippen LogP) is 2.87. The van der Waals surface area contributed by atoms with Gasteiger partial charge in [0.05, 0.1) is 16.8 Å². The molecule has 0 unspecified atom stereocenters. The fourth-order valence-electron chi connectivity index (χ4n) is 1.28. The van der Waals surface area contributed by atoms with Crippen LogP contribution >= 0.6 is 11.3 Å². The molecule has 0 fully saturated rings. The first-order valence-corrected chi connectivity index (χ1v) is 5.58. The van der Waals surface area contributed by atoms with E-state index in [-0.39, 0.29) is 5.91 Å². The summed E-state index contributed by atoms with van der Waals surface area (Å²) in [5, 5.41) is 15.2. The first-order valence-electron chi connectivity index (χ1n) is 4.64. The quantitative estimate of drug-likeness (QED) is 0.859. The molecule has 1 heterocycles. The predicted molar refractivity (Wildman–Crippen MR) is 63.4 cm³/mol. The lowest BCUT2D eigenvalue weighted by Gasteiger charge is -2.04. The monoisotopic (exact) mass is 228 g/mol. The summed E-state index contributed by atoms with van der Waals surface area (Å²) < 4.78 is 0. The molecular weight excluding hydrogens is 220 g/mol. The van der Waals surface area contributed by atoms with E-state index in [0.717, 1.165) is 0 Å². The van der Waals surface area contributed by atoms with Gasteiger partial charge < -0.3 is 5.32 Å². The van der Waals surface area contributed by atoms with E-state index in [0.29, 0.717) is 16.8 Å². The molecule has 1 amide bonds. The molecule has 1 aromatic carbocycles. The maximum absolute atomic E-state index is 11.7. The highest BCUT2D eigenvalue weighted by atomic mass is 32.1. The van der Waals surface area contributed by atoms with Gasteiger partial charge in [-0.1, -0.05) is 12.1 Å². The topological polar surface area (TPSA) is 52.9 Å². The van der Waals surface area contributed by atoms with Crippen LogP contribution in [-0.2, 0) is 0 Å². The number of rotatable bonds is 2. The van der Waals surface area contributed by atoms with Crippen molar-refractivity contribution in [3.05, 3.63) is 52.2 Å². The van der Waals surface area contributed by atoms with Crippen molar-refractivity contribution in [2.24, 2.45) is 0 Å². The van der Waals surface area contributed by atoms with Crippen LogP contribution in [0.15, 0.2) is 41.1 Å². The van der Waals surface area contributed by atoms with Gasteiger partial charge in [-0.3, -0.25) is 4.79 Å². The third kappa shape index (κ3) is 2.10. The van der Waals surface area contributed by atoms with Crippen LogP contribution in [0.3, 0.4) is 0 Å². The Morgan fingerprint density at radius 3 is 2.81 bits per heavy atom. The molecule has 0 aliphatic heterocycles. The number of benzene rings is 1. The molecule has 78 valence electrons. The second-order valence-electron chi connectivity index (χ2n) is 3.12. The number of thiophene rings is 1. The van der Waals surface area contributed by atoms with E-state index in [2.05, 4.69) is 5.32 Å². The van der Waals surface area contributed by atoms with Gasteiger partial charge in [0.25, 0.3) is 5.91 Å². The molecule has 0 bridgehead atoms. The van der Waals surface area contributed by atoms with Crippen LogP contribution in [0.5, 0.6) is 0 Å². The zero-order valence-electron chi connectivity index (χ0n) is 8.31. The van der Waals surface area contributed by atoms with Gasteiger partial charge in [0, 0.05) is 5.38 Å². The van der Waals surface area contributed by atoms with Crippen LogP contribution in [0.1, 0.15) is 15.9 Å². The number of nitrogens with zero attached hydrogens (tertiary/aromatic N) is 1. The molecule has 1 N–H and O–H groups in total. The summed E-state index contributed by atoms with van der Waals surface area (Å²) in [7, 11) is 0. The summed E-state index contributed by atoms with van der Waals surface area (Å²) >= 11 is 1.46. The minimum Gasteiger partial charge on any atom is -0.321 e. The Morgan fingerprint density at radius 1 is 1.31 bits per heavy atom. The van der Waals surface area contributed by atoms with Crippen molar-refractivity contribution < 1.29 is 4.79 Å². The molecule has 3 nitrogen and oxygen atoms in total. The van der Waals surface area contributed by atoms with E-state index in [1.807, 2.05) is 11.4 Å². The van der Waals surface area contributed by atoms with Crippen molar-refractivity contribution in [3.63, 3.8) is 0 Å². The second-order valence-corrected chi connectivity index (χ2v) is 3.90. The molecular formula is C12H8N2OS. The van der Waals surface area contributed by atoms with Gasteiger partial charge in [-0.25, -0.2) is 0 Å². The summed E-state index contributed by atoms with van der Waals surface area (Å²) in [6, 6.07) is 10.7. The number of carbonyl (C=O) groups excluding carboxylic acids is 1. The summed E-state index contributed by atoms with van der Waals surface area (Å²) in [6.07, 6.45) is 0. The number of carbonyl (C=O) groups is 1. The summed E-state index contributed by atoms with van der Waals surface area (Å²) in [5.74, 6) is -0.191. The first-order chi connectivity index (χ1) is 7.81. The molecule has 0 saturated heterocycles. The molecule has 16 heavy (non-hydrogen) atoms. The third-order valence-electron chi connectivity index (χ3n) is 2.08. The highest BCUT2D eigenvalue weighted by Crippen LogP contribution is 2.15. The largest absolute Gasteiger partial charge is 0.321 e. The average molecular weight is 228 g/mol. The molecule has 1 aromatic heterocycles. The number of nitrogens with one attached hydrogen (secondary N) is 1. The van der Waals surface area contributed by atoms with Gasteiger partial charge in [-0.15, -0.1) is 0 Å². The Kier molecular flexibility index (Phi) is 2.99. The van der Waals surface area contributed by atoms with Crippen molar-refractivity contribution in [3.8, 4) is 6.07 Å². The molecule has 0 aliphatic rings. The Balaban J connectivity index is 2.22. The first kappa shape index (κ1) is 10.4. The Labute approximate surface area is 97.0 Å². The number of anilines is 1. The maximum Gasteiger partial charge on any atom is 0.256 e. The third-order valence-corrected chi connectivity index (χ3v) is 2.76. The minimum absolute atomic E-state index is 0.191. The zero-order chi connectivity index (χ0) is 11.4. The molecule has 2 aromatic rings. The Bertz CT molecular complexity index is 540. The van der Waals surface area contributed by atoms with E-state index in [1.165, 1.54) is 11.3 Å². The highest BCUT2D eigenvalue weighted by molar-refractivity contribution is 7.08. The SMILES string of the molecule is N#Cc1ccccc1NC(=O)c1ccsc1. The second kappa shape index (κ2) is 4.60. The van der Waals surface area contributed by atoms with E-state index in [1.54, 1.807) is 35.7 Å². The van der Waals surface area contributed by atoms with Gasteiger partial charge in [-0.05, 0) is 23.6 Å². The van der Waals surface area contributed by atoms with E-state index in [4.69, 9.17) is 5.26 Å². The summed E-state index contributed by atoms with van der Waals surface area (Å²) in [4.78, 5) is 11.7. The fourth-order valence-corrected chi connectivity index (χ4v) is 1.91. The number of para-hydroxylation sites is 1. The Morgan fingerprint density at radius 2 is 2.12 bits per heavy atom. The normalized spacial score (nSPS) is 9.44. The summed E-state index contributed by atoms with van der Waals surface area (Å²) in [6.45, 7) is 0. The number of hydrogen-bond donors (Lipinski definition) is 1. The lowest BCUT2D eigenvalue weighted by molar-refractivity contribution is 0.102. The highest BCUT2D eigenvalue weighted by Gasteiger charge is 2.08. The molecule has 0 saturated carbocycles. The van der Waals surface area contributed by atoms with Crippen LogP contribution in [0.25, 0.3) is 0 Å². The van der Waals surface area contributed by atoms with Crippen molar-refractivity contribution in [2.75, 3.05) is 5.32 Å². The van der Waals surface area contributed by atoms with Gasteiger partial charge in [0.1, 0.15) is 6.07 Å². The molecule has 0 atom stereocenters. The van der Waals surface area contributed by atoms with Gasteiger partial charge >= 0.3 is 0 Å². The smallest absolute Gasteiger partial charge is 0.256 e. The molecule has 0 aliphatic carbocycles. The van der Waals surface area contributed by atoms with Crippen molar-refractivity contribution in [2.45, 2.75) is 0 Å². The minimum atomic E-state index is -0.191. The van der Waals surface area contributed by atoms with Crippen LogP contribution in [0.2, 0.25) is 0 Å². The van der Waals surface area contributed by atoms with Crippen LogP contribution in [0.4, 0.5) is 5.69 Å². The molecule has 0 radical (unpaired) electrons. The van der Waals surface area contributed by atoms with E-state index >= 15 is 0 Å². The van der Waals surface area contributed by atoms with Crippen LogP contribution in [0, 0.1) is 11.3 Å². The lowest BCUT2D eigenvalue weighted by Crippen LogP contribution is -2.11. The number of amides is 1. The van der Waals surface area contributed by atoms with Crippen LogP contribution < -0.4 is 5.32 Å². The lowest BCUT2D eigenvalue weighted by atomic mass is 10.2. The maximum atomic E-state index is 11.7. The van der Waals surface area contributed by atoms with Crippen LogP contribution in [-0.4, -0.2) is 5.91 Å². The van der Waals surface area contributed by atoms with E-state index < -0.39 is 0 Å². The molecule has 4 heteroatoms. The zero-order valence-corrected chi connectivity index (χ0v) is 9.12. The van der Waals surface area contributed by atoms with Crippen molar-refractivity contribution >= 4 is 22.9 Å². The van der Waals surface area contributed by atoms with Crippen molar-refractivity contribution in [1.82, 2.24) is 0 Å². The van der Waals surface area contributed by atoms with Crippen molar-refractivity contribution in [1.29, 1.82) is 5.26 Å². The van der Waals surface area contributed by atoms with Gasteiger partial charge in [0.2, 0.25) is 0 Å². The fraction of sp³-hybridized carbons (Fsp3) is 0. The Hall–Kier alpha value is -2.12. The average Bonchev–Trinajstić information content (AvgIpc) is 2.83. The summed E-state index contributed by atoms with van der Waals surface area (Å²) in [5.41, 5.74) is 1.62. The number of hydrogen-bond acceptors (Lipinski definition) is 3. The molecule has 2 rings (SSSR count). The number of nitriles is 1.